The molecule has 18 heteroatoms. The van der Waals surface area contributed by atoms with Crippen molar-refractivity contribution in [2.45, 2.75) is 149 Å². The number of hydrogen-bond acceptors (Lipinski definition) is 16. The maximum absolute atomic E-state index is 15.0. The Labute approximate surface area is 428 Å². The Balaban J connectivity index is 1.16. The van der Waals surface area contributed by atoms with E-state index in [4.69, 9.17) is 33.7 Å². The number of piperidine rings is 2. The molecule has 3 saturated heterocycles. The second-order valence-electron chi connectivity index (χ2n) is 22.0. The number of ketones is 1. The van der Waals surface area contributed by atoms with Gasteiger partial charge in [0.1, 0.15) is 28.6 Å². The minimum absolute atomic E-state index is 0.0353. The molecule has 2 aromatic rings. The lowest BCUT2D eigenvalue weighted by Crippen LogP contribution is -2.51. The maximum Gasteiger partial charge on any atom is 0.407 e. The Morgan fingerprint density at radius 3 is 2.23 bits per heavy atom. The number of allylic oxidation sites excluding steroid dienone is 2. The van der Waals surface area contributed by atoms with Gasteiger partial charge < -0.3 is 64.5 Å². The monoisotopic (exact) mass is 1010 g/mol. The highest BCUT2D eigenvalue weighted by atomic mass is 16.7. The minimum Gasteiger partial charge on any atom is -0.507 e. The highest BCUT2D eigenvalue weighted by Crippen LogP contribution is 2.50. The summed E-state index contributed by atoms with van der Waals surface area (Å²) in [5.41, 5.74) is -0.589. The number of ether oxygens (including phenoxy) is 5. The zero-order chi connectivity index (χ0) is 52.7. The Morgan fingerprint density at radius 2 is 1.58 bits per heavy atom. The molecule has 2 amide bonds. The smallest absolute Gasteiger partial charge is 0.407 e. The Kier molecular flexibility index (Phi) is 16.3. The van der Waals surface area contributed by atoms with Gasteiger partial charge in [-0.3, -0.25) is 19.6 Å². The third-order valence-electron chi connectivity index (χ3n) is 16.4. The SMILES string of the molecule is CO[C@H]1/C=C/O[C@@]2(C)Oc3c(C)c(O)c4c(O)c(c5c(c4c3C2=O)=NC2(CCN(CC(C)C)CC2)N=5)NC(=O)/C(C)=C\C=C\[C@H](C)[C@H](O)[C@@H](C)[C@@H](O)[C@@H](C)[C@H](OC(=O)NC2CCN(C3CCOCC3)CC2)[C@@H]1C. The third-order valence-corrected chi connectivity index (χ3v) is 16.4. The van der Waals surface area contributed by atoms with Crippen molar-refractivity contribution in [3.8, 4) is 17.2 Å². The van der Waals surface area contributed by atoms with Crippen molar-refractivity contribution >= 4 is 34.2 Å². The van der Waals surface area contributed by atoms with Gasteiger partial charge in [0.25, 0.3) is 11.7 Å². The van der Waals surface area contributed by atoms with Crippen LogP contribution in [0.3, 0.4) is 0 Å². The number of methoxy groups -OCH3 is 1. The van der Waals surface area contributed by atoms with Crippen molar-refractivity contribution in [3.63, 3.8) is 0 Å². The van der Waals surface area contributed by atoms with Crippen molar-refractivity contribution in [1.82, 2.24) is 15.1 Å². The number of anilines is 1. The number of likely N-dealkylation sites (tertiary alicyclic amines) is 2. The number of phenolic OH excluding ortho intramolecular Hbond substituents is 2. The van der Waals surface area contributed by atoms with Gasteiger partial charge in [0.2, 0.25) is 0 Å². The molecule has 7 heterocycles. The predicted molar refractivity (Wildman–Crippen MR) is 274 cm³/mol. The van der Waals surface area contributed by atoms with Crippen molar-refractivity contribution < 1.29 is 58.5 Å². The molecule has 73 heavy (non-hydrogen) atoms. The topological polar surface area (TPSA) is 234 Å². The molecule has 6 N–H and O–H groups in total. The van der Waals surface area contributed by atoms with E-state index >= 15 is 0 Å². The Hall–Kier alpha value is -5.11. The lowest BCUT2D eigenvalue weighted by Gasteiger charge is -2.40. The molecule has 9 rings (SSSR count). The standard InChI is InChI=1S/C55H78N6O12/c1-29(2)28-60-23-19-55(20-24-60)58-42-39-40-47(64)35(8)50-41(39)51(66)54(9,73-50)71-27-18-38(69-10)32(5)49(72-53(68)56-36-14-21-61(22-15-36)37-16-25-70-26-17-37)34(7)46(63)33(6)45(62)30(3)12-11-13-31(4)52(67)57-44(48(40)65)43(42)59-55/h11-13,18,27,29-30,32-34,36-38,45-46,49,62-65H,14-17,19-26,28H2,1-10H3,(H,56,68)(H,57,67)/b12-11+,27-18+,31-13-/t30-,32+,33+,34+,38-,45-,46+,49+,54-/m0/s1. The van der Waals surface area contributed by atoms with Gasteiger partial charge in [0.05, 0.1) is 40.9 Å². The summed E-state index contributed by atoms with van der Waals surface area (Å²) < 4.78 is 30.5. The number of hydrogen-bond donors (Lipinski definition) is 6. The first kappa shape index (κ1) is 54.2. The summed E-state index contributed by atoms with van der Waals surface area (Å²) in [4.78, 5) is 58.2. The van der Waals surface area contributed by atoms with Crippen LogP contribution in [0.15, 0.2) is 46.1 Å². The fraction of sp³-hybridized carbons (Fsp3) is 0.655. The highest BCUT2D eigenvalue weighted by Gasteiger charge is 2.50. The first-order valence-corrected chi connectivity index (χ1v) is 26.4. The molecule has 0 radical (unpaired) electrons. The molecule has 0 aliphatic carbocycles. The third kappa shape index (κ3) is 10.9. The number of benzene rings is 2. The van der Waals surface area contributed by atoms with E-state index in [9.17, 15) is 34.8 Å². The largest absolute Gasteiger partial charge is 0.507 e. The second-order valence-corrected chi connectivity index (χ2v) is 22.0. The zero-order valence-electron chi connectivity index (χ0n) is 44.3. The molecular formula is C55H78N6O12. The van der Waals surface area contributed by atoms with Crippen LogP contribution in [-0.2, 0) is 23.7 Å². The van der Waals surface area contributed by atoms with Crippen molar-refractivity contribution in [2.24, 2.45) is 39.6 Å². The van der Waals surface area contributed by atoms with Crippen LogP contribution >= 0.6 is 0 Å². The number of phenols is 2. The summed E-state index contributed by atoms with van der Waals surface area (Å²) in [5.74, 6) is -6.09. The number of carbonyl (C=O) groups excluding carboxylic acids is 3. The molecule has 0 aromatic heterocycles. The lowest BCUT2D eigenvalue weighted by molar-refractivity contribution is -0.112. The molecule has 18 nitrogen and oxygen atoms in total. The maximum atomic E-state index is 15.0. The number of aliphatic hydroxyl groups is 2. The van der Waals surface area contributed by atoms with Gasteiger partial charge in [0.15, 0.2) is 11.4 Å². The summed E-state index contributed by atoms with van der Waals surface area (Å²) in [6, 6.07) is 0.359. The van der Waals surface area contributed by atoms with E-state index in [1.165, 1.54) is 20.3 Å². The van der Waals surface area contributed by atoms with Crippen LogP contribution < -0.4 is 26.1 Å². The van der Waals surface area contributed by atoms with Gasteiger partial charge in [-0.25, -0.2) is 4.79 Å². The molecule has 400 valence electrons. The molecule has 7 aliphatic rings. The van der Waals surface area contributed by atoms with Gasteiger partial charge in [-0.05, 0) is 51.5 Å². The van der Waals surface area contributed by atoms with Crippen molar-refractivity contribution in [2.75, 3.05) is 58.4 Å². The van der Waals surface area contributed by atoms with E-state index < -0.39 is 83.1 Å². The molecule has 7 aliphatic heterocycles. The molecule has 0 saturated carbocycles. The van der Waals surface area contributed by atoms with E-state index in [1.807, 2.05) is 6.92 Å². The highest BCUT2D eigenvalue weighted by molar-refractivity contribution is 6.19. The lowest BCUT2D eigenvalue weighted by atomic mass is 9.78. The molecule has 3 fully saturated rings. The molecular weight excluding hydrogens is 937 g/mol. The number of nitrogens with zero attached hydrogens (tertiary/aromatic N) is 4. The number of carbonyl (C=O) groups is 3. The zero-order valence-corrected chi connectivity index (χ0v) is 44.3. The summed E-state index contributed by atoms with van der Waals surface area (Å²) in [7, 11) is 1.49. The van der Waals surface area contributed by atoms with Crippen LogP contribution in [0.25, 0.3) is 10.8 Å². The number of amides is 2. The average molecular weight is 1020 g/mol. The van der Waals surface area contributed by atoms with E-state index in [-0.39, 0.29) is 61.4 Å². The first-order chi connectivity index (χ1) is 34.7. The Bertz CT molecular complexity index is 2630. The number of aromatic hydroxyl groups is 2. The number of rotatable bonds is 6. The number of aliphatic hydroxyl groups excluding tert-OH is 2. The van der Waals surface area contributed by atoms with Crippen molar-refractivity contribution in [1.29, 1.82) is 0 Å². The average Bonchev–Trinajstić information content (AvgIpc) is 3.87. The fourth-order valence-corrected chi connectivity index (χ4v) is 11.8. The minimum atomic E-state index is -1.98. The van der Waals surface area contributed by atoms with E-state index in [0.717, 1.165) is 58.5 Å². The molecule has 9 atom stereocenters. The van der Waals surface area contributed by atoms with Crippen LogP contribution in [0.2, 0.25) is 0 Å². The van der Waals surface area contributed by atoms with Gasteiger partial charge in [-0.15, -0.1) is 0 Å². The molecule has 1 spiro atoms. The molecule has 0 unspecified atom stereocenters. The fourth-order valence-electron chi connectivity index (χ4n) is 11.8. The summed E-state index contributed by atoms with van der Waals surface area (Å²) in [5, 5.41) is 54.3. The van der Waals surface area contributed by atoms with Crippen LogP contribution in [0.1, 0.15) is 110 Å². The Morgan fingerprint density at radius 1 is 0.904 bits per heavy atom. The van der Waals surface area contributed by atoms with Gasteiger partial charge >= 0.3 is 11.9 Å². The van der Waals surface area contributed by atoms with Gasteiger partial charge in [-0.2, -0.15) is 0 Å². The predicted octanol–water partition coefficient (Wildman–Crippen LogP) is 5.56. The van der Waals surface area contributed by atoms with Crippen LogP contribution in [0.5, 0.6) is 17.2 Å². The van der Waals surface area contributed by atoms with Crippen molar-refractivity contribution in [3.05, 3.63) is 58.0 Å². The van der Waals surface area contributed by atoms with E-state index in [2.05, 4.69) is 34.3 Å². The molecule has 2 aromatic carbocycles. The summed E-state index contributed by atoms with van der Waals surface area (Å²) in [6.07, 6.45) is 7.80. The normalized spacial score (nSPS) is 32.5. The quantitative estimate of drug-likeness (QED) is 0.195. The number of alkyl carbamates (subject to hydrolysis) is 1. The summed E-state index contributed by atoms with van der Waals surface area (Å²) in [6.45, 7) is 21.6. The van der Waals surface area contributed by atoms with E-state index in [0.29, 0.717) is 37.9 Å². The summed E-state index contributed by atoms with van der Waals surface area (Å²) >= 11 is 0. The number of fused-ring (bicyclic) bond motifs is 13. The number of Topliss-reactive ketones (excluding diaryl/α,β-unsaturated/α-hetero) is 1. The second kappa shape index (κ2) is 22.0. The van der Waals surface area contributed by atoms with Gasteiger partial charge in [-0.1, -0.05) is 59.8 Å². The van der Waals surface area contributed by atoms with Crippen LogP contribution in [0, 0.1) is 36.5 Å². The number of nitrogens with one attached hydrogen (secondary N) is 2. The molecule has 5 bridgehead atoms. The van der Waals surface area contributed by atoms with Gasteiger partial charge in [0, 0.05) is 125 Å². The van der Waals surface area contributed by atoms with E-state index in [1.54, 1.807) is 58.9 Å². The first-order valence-electron chi connectivity index (χ1n) is 26.4. The van der Waals surface area contributed by atoms with Crippen LogP contribution in [0.4, 0.5) is 10.5 Å². The van der Waals surface area contributed by atoms with Crippen LogP contribution in [-0.4, -0.2) is 149 Å².